The number of aromatic nitrogens is 4. The molecule has 5 rings (SSSR count). The predicted molar refractivity (Wildman–Crippen MR) is 109 cm³/mol. The Kier molecular flexibility index (Phi) is 3.72. The van der Waals surface area contributed by atoms with Crippen molar-refractivity contribution in [2.75, 3.05) is 5.32 Å². The Hall–Kier alpha value is -2.48. The molecule has 27 heavy (non-hydrogen) atoms. The first-order valence-electron chi connectivity index (χ1n) is 9.51. The van der Waals surface area contributed by atoms with Crippen molar-refractivity contribution < 1.29 is 4.79 Å². The molecule has 140 valence electrons. The maximum absolute atomic E-state index is 13.4. The van der Waals surface area contributed by atoms with Crippen LogP contribution in [0.25, 0.3) is 22.1 Å². The Morgan fingerprint density at radius 1 is 1.37 bits per heavy atom. The molecule has 8 heteroatoms. The zero-order chi connectivity index (χ0) is 18.7. The topological polar surface area (TPSA) is 68.0 Å². The Labute approximate surface area is 162 Å². The van der Waals surface area contributed by atoms with Crippen LogP contribution in [0.5, 0.6) is 0 Å². The second-order valence-corrected chi connectivity index (χ2v) is 7.70. The lowest BCUT2D eigenvalue weighted by Gasteiger charge is -2.22. The van der Waals surface area contributed by atoms with Gasteiger partial charge in [0.2, 0.25) is 0 Å². The number of thiocarbonyl (C=S) groups is 1. The summed E-state index contributed by atoms with van der Waals surface area (Å²) in [6.07, 6.45) is 6.28. The van der Waals surface area contributed by atoms with Crippen LogP contribution < -0.4 is 5.32 Å². The fourth-order valence-electron chi connectivity index (χ4n) is 4.03. The van der Waals surface area contributed by atoms with Gasteiger partial charge in [-0.25, -0.2) is 9.97 Å². The van der Waals surface area contributed by atoms with Gasteiger partial charge in [0.05, 0.1) is 17.3 Å². The van der Waals surface area contributed by atoms with Gasteiger partial charge in [-0.2, -0.15) is 0 Å². The van der Waals surface area contributed by atoms with Gasteiger partial charge in [0.15, 0.2) is 5.82 Å². The zero-order valence-electron chi connectivity index (χ0n) is 15.5. The van der Waals surface area contributed by atoms with Gasteiger partial charge in [-0.3, -0.25) is 4.79 Å². The minimum atomic E-state index is 0.138. The molecule has 2 aliphatic rings. The monoisotopic (exact) mass is 382 g/mol. The number of hydrogen-bond acceptors (Lipinski definition) is 4. The first-order valence-corrected chi connectivity index (χ1v) is 9.98. The molecule has 3 aromatic rings. The normalized spacial score (nSPS) is 16.8. The molecule has 2 saturated carbocycles. The van der Waals surface area contributed by atoms with Crippen LogP contribution in [-0.2, 0) is 13.6 Å². The quantitative estimate of drug-likeness (QED) is 0.664. The largest absolute Gasteiger partial charge is 0.335 e. The van der Waals surface area contributed by atoms with Gasteiger partial charge in [0.1, 0.15) is 16.9 Å². The van der Waals surface area contributed by atoms with Gasteiger partial charge in [-0.05, 0) is 38.7 Å². The molecule has 2 aliphatic carbocycles. The molecule has 3 heterocycles. The molecule has 3 aromatic heterocycles. The van der Waals surface area contributed by atoms with Crippen LogP contribution in [0, 0.1) is 0 Å². The first kappa shape index (κ1) is 16.7. The SMILES string of the molecule is CCn1c(C(=O)N(C2CC2)C2CC2)cc2c3c(ncn3C)c(NC=S)nc21. The number of aryl methyl sites for hydroxylation is 2. The fraction of sp³-hybridized carbons (Fsp3) is 0.474. The van der Waals surface area contributed by atoms with Gasteiger partial charge in [-0.15, -0.1) is 0 Å². The van der Waals surface area contributed by atoms with Crippen molar-refractivity contribution in [2.24, 2.45) is 7.05 Å². The fourth-order valence-corrected chi connectivity index (χ4v) is 4.15. The van der Waals surface area contributed by atoms with Crippen LogP contribution in [-0.4, -0.2) is 47.5 Å². The van der Waals surface area contributed by atoms with E-state index in [1.807, 2.05) is 22.2 Å². The maximum atomic E-state index is 13.4. The third-order valence-corrected chi connectivity index (χ3v) is 5.67. The summed E-state index contributed by atoms with van der Waals surface area (Å²) in [5.74, 6) is 0.764. The number of nitrogens with one attached hydrogen (secondary N) is 1. The number of carbonyl (C=O) groups excluding carboxylic acids is 1. The van der Waals surface area contributed by atoms with Gasteiger partial charge in [-0.1, -0.05) is 12.2 Å². The summed E-state index contributed by atoms with van der Waals surface area (Å²) >= 11 is 4.96. The molecule has 0 radical (unpaired) electrons. The minimum absolute atomic E-state index is 0.138. The number of hydrogen-bond donors (Lipinski definition) is 1. The van der Waals surface area contributed by atoms with Gasteiger partial charge >= 0.3 is 0 Å². The maximum Gasteiger partial charge on any atom is 0.271 e. The summed E-state index contributed by atoms with van der Waals surface area (Å²) in [4.78, 5) is 24.8. The highest BCUT2D eigenvalue weighted by Crippen LogP contribution is 2.39. The van der Waals surface area contributed by atoms with Crippen LogP contribution in [0.15, 0.2) is 12.4 Å². The summed E-state index contributed by atoms with van der Waals surface area (Å²) in [5.41, 5.74) is 4.68. The van der Waals surface area contributed by atoms with E-state index in [1.54, 1.807) is 6.33 Å². The Morgan fingerprint density at radius 3 is 2.67 bits per heavy atom. The average molecular weight is 382 g/mol. The number of rotatable bonds is 6. The van der Waals surface area contributed by atoms with Gasteiger partial charge < -0.3 is 19.4 Å². The van der Waals surface area contributed by atoms with Crippen LogP contribution in [0.4, 0.5) is 5.82 Å². The Balaban J connectivity index is 1.73. The minimum Gasteiger partial charge on any atom is -0.335 e. The number of carbonyl (C=O) groups is 1. The van der Waals surface area contributed by atoms with E-state index >= 15 is 0 Å². The molecule has 7 nitrogen and oxygen atoms in total. The van der Waals surface area contributed by atoms with E-state index < -0.39 is 0 Å². The van der Waals surface area contributed by atoms with Crippen molar-refractivity contribution in [3.8, 4) is 0 Å². The van der Waals surface area contributed by atoms with Gasteiger partial charge in [0, 0.05) is 31.1 Å². The molecule has 0 aliphatic heterocycles. The molecule has 0 spiro atoms. The van der Waals surface area contributed by atoms with Crippen molar-refractivity contribution in [1.82, 2.24) is 24.0 Å². The summed E-state index contributed by atoms with van der Waals surface area (Å²) in [6.45, 7) is 2.73. The second-order valence-electron chi connectivity index (χ2n) is 7.46. The molecule has 0 bridgehead atoms. The number of pyridine rings is 1. The van der Waals surface area contributed by atoms with E-state index in [0.717, 1.165) is 53.4 Å². The van der Waals surface area contributed by atoms with E-state index in [0.29, 0.717) is 24.4 Å². The third kappa shape index (κ3) is 2.54. The highest BCUT2D eigenvalue weighted by Gasteiger charge is 2.43. The number of nitrogens with zero attached hydrogens (tertiary/aromatic N) is 5. The van der Waals surface area contributed by atoms with Crippen LogP contribution >= 0.6 is 12.2 Å². The standard InChI is InChI=1S/C19H22N6OS/c1-3-24-14(19(26)25(11-4-5-11)12-6-7-12)8-13-16-15(20-9-23(16)2)17(21-10-27)22-18(13)24/h8-12H,3-7H2,1-2H3,(H,21,22,27). The summed E-state index contributed by atoms with van der Waals surface area (Å²) < 4.78 is 4.00. The van der Waals surface area contributed by atoms with Gasteiger partial charge in [0.25, 0.3) is 5.91 Å². The lowest BCUT2D eigenvalue weighted by Crippen LogP contribution is -2.36. The lowest BCUT2D eigenvalue weighted by atomic mass is 10.2. The number of anilines is 1. The molecule has 0 saturated heterocycles. The molecular weight excluding hydrogens is 360 g/mol. The van der Waals surface area contributed by atoms with E-state index in [4.69, 9.17) is 17.2 Å². The summed E-state index contributed by atoms with van der Waals surface area (Å²) in [5, 5.41) is 3.97. The molecule has 1 amide bonds. The number of amides is 1. The first-order chi connectivity index (χ1) is 13.1. The molecule has 0 aromatic carbocycles. The van der Waals surface area contributed by atoms with Crippen LogP contribution in [0.3, 0.4) is 0 Å². The van der Waals surface area contributed by atoms with Crippen molar-refractivity contribution in [1.29, 1.82) is 0 Å². The Morgan fingerprint density at radius 2 is 2.07 bits per heavy atom. The van der Waals surface area contributed by atoms with E-state index in [2.05, 4.69) is 22.1 Å². The van der Waals surface area contributed by atoms with Crippen molar-refractivity contribution in [2.45, 2.75) is 51.2 Å². The van der Waals surface area contributed by atoms with Crippen LogP contribution in [0.1, 0.15) is 43.1 Å². The predicted octanol–water partition coefficient (Wildman–Crippen LogP) is 3.08. The molecule has 0 atom stereocenters. The second kappa shape index (κ2) is 6.02. The highest BCUT2D eigenvalue weighted by molar-refractivity contribution is 7.79. The van der Waals surface area contributed by atoms with Crippen molar-refractivity contribution in [3.05, 3.63) is 18.1 Å². The van der Waals surface area contributed by atoms with Crippen molar-refractivity contribution >= 4 is 51.5 Å². The van der Waals surface area contributed by atoms with Crippen LogP contribution in [0.2, 0.25) is 0 Å². The van der Waals surface area contributed by atoms with E-state index in [9.17, 15) is 4.79 Å². The molecule has 1 N–H and O–H groups in total. The number of imidazole rings is 1. The smallest absolute Gasteiger partial charge is 0.271 e. The van der Waals surface area contributed by atoms with Crippen molar-refractivity contribution in [3.63, 3.8) is 0 Å². The average Bonchev–Trinajstić information content (AvgIpc) is 3.58. The van der Waals surface area contributed by atoms with E-state index in [1.165, 1.54) is 5.49 Å². The molecule has 0 unspecified atom stereocenters. The highest BCUT2D eigenvalue weighted by atomic mass is 32.1. The zero-order valence-corrected chi connectivity index (χ0v) is 16.3. The third-order valence-electron chi connectivity index (χ3n) is 5.55. The lowest BCUT2D eigenvalue weighted by molar-refractivity contribution is 0.0719. The number of fused-ring (bicyclic) bond motifs is 3. The molecule has 2 fully saturated rings. The molecular formula is C19H22N6OS. The van der Waals surface area contributed by atoms with E-state index in [-0.39, 0.29) is 5.91 Å². The Bertz CT molecular complexity index is 1060. The summed E-state index contributed by atoms with van der Waals surface area (Å²) in [6, 6.07) is 2.84. The summed E-state index contributed by atoms with van der Waals surface area (Å²) in [7, 11) is 1.96.